The van der Waals surface area contributed by atoms with Gasteiger partial charge >= 0.3 is 11.9 Å². The van der Waals surface area contributed by atoms with Crippen LogP contribution in [0.5, 0.6) is 0 Å². The summed E-state index contributed by atoms with van der Waals surface area (Å²) >= 11 is 0. The van der Waals surface area contributed by atoms with Gasteiger partial charge in [0.1, 0.15) is 0 Å². The lowest BCUT2D eigenvalue weighted by Crippen LogP contribution is -2.39. The number of aliphatic carboxylic acids is 1. The van der Waals surface area contributed by atoms with Crippen molar-refractivity contribution in [1.29, 1.82) is 0 Å². The first kappa shape index (κ1) is 14.0. The molecule has 1 rings (SSSR count). The van der Waals surface area contributed by atoms with Crippen molar-refractivity contribution in [1.82, 2.24) is 0 Å². The summed E-state index contributed by atoms with van der Waals surface area (Å²) in [6.07, 6.45) is 0.0110. The van der Waals surface area contributed by atoms with Crippen LogP contribution in [0.2, 0.25) is 0 Å². The average Bonchev–Trinajstić information content (AvgIpc) is 2.43. The van der Waals surface area contributed by atoms with Crippen LogP contribution in [0.1, 0.15) is 47.0 Å². The Morgan fingerprint density at radius 2 is 2.06 bits per heavy atom. The van der Waals surface area contributed by atoms with Gasteiger partial charge in [-0.1, -0.05) is 34.1 Å². The summed E-state index contributed by atoms with van der Waals surface area (Å²) < 4.78 is 10.8. The van der Waals surface area contributed by atoms with E-state index in [2.05, 4.69) is 0 Å². The van der Waals surface area contributed by atoms with E-state index in [1.54, 1.807) is 0 Å². The molecule has 5 heteroatoms. The first-order chi connectivity index (χ1) is 7.71. The van der Waals surface area contributed by atoms with Crippen LogP contribution in [0.25, 0.3) is 0 Å². The zero-order chi connectivity index (χ0) is 13.3. The lowest BCUT2D eigenvalue weighted by Gasteiger charge is -2.27. The molecule has 0 bridgehead atoms. The van der Waals surface area contributed by atoms with E-state index in [0.29, 0.717) is 12.8 Å². The Labute approximate surface area is 101 Å². The lowest BCUT2D eigenvalue weighted by molar-refractivity contribution is -0.161. The molecule has 0 saturated carbocycles. The van der Waals surface area contributed by atoms with Crippen molar-refractivity contribution in [3.05, 3.63) is 0 Å². The molecule has 1 saturated heterocycles. The number of carbonyl (C=O) groups is 2. The molecule has 5 nitrogen and oxygen atoms in total. The third-order valence-electron chi connectivity index (χ3n) is 2.72. The number of rotatable bonds is 4. The molecular weight excluding hydrogens is 224 g/mol. The van der Waals surface area contributed by atoms with Crippen molar-refractivity contribution in [2.24, 2.45) is 5.41 Å². The highest BCUT2D eigenvalue weighted by Crippen LogP contribution is 2.39. The highest BCUT2D eigenvalue weighted by Gasteiger charge is 2.53. The second kappa shape index (κ2) is 4.64. The minimum absolute atomic E-state index is 0.341. The van der Waals surface area contributed by atoms with Crippen LogP contribution in [-0.2, 0) is 19.1 Å². The van der Waals surface area contributed by atoms with Crippen LogP contribution in [0.3, 0.4) is 0 Å². The van der Waals surface area contributed by atoms with Crippen molar-refractivity contribution in [3.63, 3.8) is 0 Å². The van der Waals surface area contributed by atoms with Crippen LogP contribution in [0, 0.1) is 5.41 Å². The topological polar surface area (TPSA) is 72.8 Å². The van der Waals surface area contributed by atoms with Crippen LogP contribution >= 0.6 is 0 Å². The Morgan fingerprint density at radius 1 is 1.47 bits per heavy atom. The van der Waals surface area contributed by atoms with E-state index in [4.69, 9.17) is 14.6 Å². The van der Waals surface area contributed by atoms with Crippen LogP contribution in [0.4, 0.5) is 0 Å². The molecule has 0 amide bonds. The van der Waals surface area contributed by atoms with Gasteiger partial charge < -0.3 is 14.6 Å². The van der Waals surface area contributed by atoms with Gasteiger partial charge in [-0.2, -0.15) is 0 Å². The first-order valence-corrected chi connectivity index (χ1v) is 5.82. The monoisotopic (exact) mass is 244 g/mol. The van der Waals surface area contributed by atoms with E-state index in [1.165, 1.54) is 0 Å². The maximum absolute atomic E-state index is 11.9. The number of esters is 1. The molecule has 2 atom stereocenters. The van der Waals surface area contributed by atoms with E-state index < -0.39 is 23.8 Å². The fourth-order valence-corrected chi connectivity index (χ4v) is 1.85. The first-order valence-electron chi connectivity index (χ1n) is 5.82. The molecule has 0 spiro atoms. The number of ether oxygens (including phenoxy) is 2. The van der Waals surface area contributed by atoms with Crippen molar-refractivity contribution in [2.45, 2.75) is 58.8 Å². The van der Waals surface area contributed by atoms with Gasteiger partial charge in [0.15, 0.2) is 5.60 Å². The van der Waals surface area contributed by atoms with Gasteiger partial charge in [-0.25, -0.2) is 4.79 Å². The SMILES string of the molecule is CCC[C@]1(CC(=O)O)O[C@@H](C(C)(C)C)OC1=O. The summed E-state index contributed by atoms with van der Waals surface area (Å²) in [5.41, 5.74) is -1.66. The zero-order valence-electron chi connectivity index (χ0n) is 10.8. The molecule has 1 fully saturated rings. The highest BCUT2D eigenvalue weighted by molar-refractivity contribution is 5.86. The molecule has 1 heterocycles. The summed E-state index contributed by atoms with van der Waals surface area (Å²) in [7, 11) is 0. The number of hydrogen-bond acceptors (Lipinski definition) is 4. The molecule has 1 N–H and O–H groups in total. The van der Waals surface area contributed by atoms with Gasteiger partial charge in [-0.05, 0) is 6.42 Å². The number of carboxylic acids is 1. The molecule has 0 aromatic rings. The van der Waals surface area contributed by atoms with Crippen molar-refractivity contribution >= 4 is 11.9 Å². The molecule has 0 aromatic carbocycles. The standard InChI is InChI=1S/C12H20O5/c1-5-6-12(7-8(13)14)9(15)16-10(17-12)11(2,3)4/h10H,5-7H2,1-4H3,(H,13,14)/t10-,12+/m0/s1. The quantitative estimate of drug-likeness (QED) is 0.765. The fourth-order valence-electron chi connectivity index (χ4n) is 1.85. The van der Waals surface area contributed by atoms with E-state index in [0.717, 1.165) is 0 Å². The van der Waals surface area contributed by atoms with Crippen molar-refractivity contribution < 1.29 is 24.2 Å². The summed E-state index contributed by atoms with van der Waals surface area (Å²) in [5, 5.41) is 8.88. The Bertz CT molecular complexity index is 317. The molecule has 1 aliphatic heterocycles. The predicted molar refractivity (Wildman–Crippen MR) is 60.3 cm³/mol. The Balaban J connectivity index is 2.92. The number of carbonyl (C=O) groups excluding carboxylic acids is 1. The second-order valence-electron chi connectivity index (χ2n) is 5.54. The van der Waals surface area contributed by atoms with Gasteiger partial charge in [0.2, 0.25) is 6.29 Å². The van der Waals surface area contributed by atoms with Crippen molar-refractivity contribution in [3.8, 4) is 0 Å². The Morgan fingerprint density at radius 3 is 2.41 bits per heavy atom. The largest absolute Gasteiger partial charge is 0.481 e. The molecule has 0 aliphatic carbocycles. The summed E-state index contributed by atoms with van der Waals surface area (Å²) in [4.78, 5) is 22.7. The van der Waals surface area contributed by atoms with Gasteiger partial charge in [0, 0.05) is 5.41 Å². The van der Waals surface area contributed by atoms with Gasteiger partial charge in [0.25, 0.3) is 0 Å². The van der Waals surface area contributed by atoms with E-state index in [1.807, 2.05) is 27.7 Å². The van der Waals surface area contributed by atoms with Crippen LogP contribution in [-0.4, -0.2) is 28.9 Å². The third-order valence-corrected chi connectivity index (χ3v) is 2.72. The zero-order valence-corrected chi connectivity index (χ0v) is 10.8. The number of cyclic esters (lactones) is 1. The highest BCUT2D eigenvalue weighted by atomic mass is 16.8. The van der Waals surface area contributed by atoms with E-state index >= 15 is 0 Å². The maximum Gasteiger partial charge on any atom is 0.341 e. The minimum Gasteiger partial charge on any atom is -0.481 e. The molecule has 1 aliphatic rings. The number of carboxylic acid groups (broad SMARTS) is 1. The van der Waals surface area contributed by atoms with Crippen LogP contribution in [0.15, 0.2) is 0 Å². The van der Waals surface area contributed by atoms with Gasteiger partial charge in [-0.3, -0.25) is 4.79 Å². The molecule has 98 valence electrons. The van der Waals surface area contributed by atoms with E-state index in [9.17, 15) is 9.59 Å². The second-order valence-corrected chi connectivity index (χ2v) is 5.54. The smallest absolute Gasteiger partial charge is 0.341 e. The fraction of sp³-hybridized carbons (Fsp3) is 0.833. The Hall–Kier alpha value is -1.10. The summed E-state index contributed by atoms with van der Waals surface area (Å²) in [5.74, 6) is -1.60. The number of hydrogen-bond donors (Lipinski definition) is 1. The normalized spacial score (nSPS) is 29.2. The van der Waals surface area contributed by atoms with Crippen molar-refractivity contribution in [2.75, 3.05) is 0 Å². The molecule has 0 unspecified atom stereocenters. The lowest BCUT2D eigenvalue weighted by atomic mass is 9.93. The Kier molecular flexibility index (Phi) is 3.81. The van der Waals surface area contributed by atoms with Crippen LogP contribution < -0.4 is 0 Å². The average molecular weight is 244 g/mol. The molecular formula is C12H20O5. The van der Waals surface area contributed by atoms with E-state index in [-0.39, 0.29) is 11.8 Å². The minimum atomic E-state index is -1.31. The molecule has 0 radical (unpaired) electrons. The predicted octanol–water partition coefficient (Wildman–Crippen LogP) is 1.95. The van der Waals surface area contributed by atoms with Gasteiger partial charge in [-0.15, -0.1) is 0 Å². The summed E-state index contributed by atoms with van der Waals surface area (Å²) in [6, 6.07) is 0. The molecule has 0 aromatic heterocycles. The summed E-state index contributed by atoms with van der Waals surface area (Å²) in [6.45, 7) is 7.53. The maximum atomic E-state index is 11.9. The van der Waals surface area contributed by atoms with Gasteiger partial charge in [0.05, 0.1) is 6.42 Å². The third kappa shape index (κ3) is 2.97. The molecule has 17 heavy (non-hydrogen) atoms.